The van der Waals surface area contributed by atoms with Crippen LogP contribution in [0.15, 0.2) is 24.3 Å². The zero-order valence-corrected chi connectivity index (χ0v) is 18.2. The Kier molecular flexibility index (Phi) is 8.73. The Morgan fingerprint density at radius 3 is 2.77 bits per heavy atom. The van der Waals surface area contributed by atoms with Crippen molar-refractivity contribution in [1.29, 1.82) is 0 Å². The number of nitrogens with one attached hydrogen (secondary N) is 2. The Hall–Kier alpha value is -2.36. The van der Waals surface area contributed by atoms with Crippen molar-refractivity contribution < 1.29 is 14.3 Å². The average Bonchev–Trinajstić information content (AvgIpc) is 3.23. The second kappa shape index (κ2) is 11.7. The van der Waals surface area contributed by atoms with Crippen molar-refractivity contribution in [2.24, 2.45) is 0 Å². The monoisotopic (exact) mass is 431 g/mol. The predicted molar refractivity (Wildman–Crippen MR) is 117 cm³/mol. The van der Waals surface area contributed by atoms with Gasteiger partial charge in [0.15, 0.2) is 0 Å². The first kappa shape index (κ1) is 22.3. The van der Waals surface area contributed by atoms with Crippen LogP contribution in [0, 0.1) is 6.92 Å². The number of nitrogens with zero attached hydrogens (tertiary/aromatic N) is 3. The van der Waals surface area contributed by atoms with E-state index in [2.05, 4.69) is 25.7 Å². The van der Waals surface area contributed by atoms with Crippen LogP contribution in [0.4, 0.5) is 5.69 Å². The highest BCUT2D eigenvalue weighted by Gasteiger charge is 2.14. The van der Waals surface area contributed by atoms with Gasteiger partial charge in [-0.05, 0) is 37.9 Å². The SMILES string of the molecule is Cc1ccccc1NC(=O)c1nnc(CCCC(=O)NCCCN2CCOCC2)s1. The largest absolute Gasteiger partial charge is 0.379 e. The molecule has 0 aliphatic carbocycles. The van der Waals surface area contributed by atoms with Gasteiger partial charge in [0.1, 0.15) is 5.01 Å². The van der Waals surface area contributed by atoms with E-state index in [4.69, 9.17) is 4.74 Å². The molecule has 0 bridgehead atoms. The summed E-state index contributed by atoms with van der Waals surface area (Å²) in [7, 11) is 0. The summed E-state index contributed by atoms with van der Waals surface area (Å²) in [6, 6.07) is 7.60. The molecule has 1 saturated heterocycles. The van der Waals surface area contributed by atoms with Crippen LogP contribution >= 0.6 is 11.3 Å². The summed E-state index contributed by atoms with van der Waals surface area (Å²) in [5.74, 6) is -0.204. The molecule has 1 aliphatic rings. The second-order valence-corrected chi connectivity index (χ2v) is 8.34. The number of anilines is 1. The van der Waals surface area contributed by atoms with E-state index in [1.165, 1.54) is 11.3 Å². The van der Waals surface area contributed by atoms with Crippen LogP contribution in [0.2, 0.25) is 0 Å². The third-order valence-electron chi connectivity index (χ3n) is 4.93. The summed E-state index contributed by atoms with van der Waals surface area (Å²) in [6.07, 6.45) is 2.71. The summed E-state index contributed by atoms with van der Waals surface area (Å²) in [6.45, 7) is 7.16. The standard InChI is InChI=1S/C21H29N5O3S/c1-16-6-2-3-7-17(16)23-20(28)21-25-24-19(30-21)9-4-8-18(27)22-10-5-11-26-12-14-29-15-13-26/h2-3,6-7H,4-5,8-15H2,1H3,(H,22,27)(H,23,28). The van der Waals surface area contributed by atoms with E-state index in [0.717, 1.165) is 55.5 Å². The van der Waals surface area contributed by atoms with Gasteiger partial charge in [0.05, 0.1) is 13.2 Å². The number of amides is 2. The zero-order chi connectivity index (χ0) is 21.2. The van der Waals surface area contributed by atoms with Crippen LogP contribution < -0.4 is 10.6 Å². The molecule has 30 heavy (non-hydrogen) atoms. The maximum Gasteiger partial charge on any atom is 0.286 e. The number of carbonyl (C=O) groups is 2. The van der Waals surface area contributed by atoms with Crippen molar-refractivity contribution in [3.63, 3.8) is 0 Å². The summed E-state index contributed by atoms with van der Waals surface area (Å²) < 4.78 is 5.33. The minimum absolute atomic E-state index is 0.0546. The number of rotatable bonds is 10. The van der Waals surface area contributed by atoms with Gasteiger partial charge in [0, 0.05) is 38.2 Å². The average molecular weight is 432 g/mol. The maximum atomic E-state index is 12.3. The van der Waals surface area contributed by atoms with Gasteiger partial charge in [0.2, 0.25) is 10.9 Å². The first-order valence-corrected chi connectivity index (χ1v) is 11.2. The molecule has 0 radical (unpaired) electrons. The van der Waals surface area contributed by atoms with Crippen molar-refractivity contribution in [2.45, 2.75) is 32.6 Å². The van der Waals surface area contributed by atoms with Crippen LogP contribution in [-0.4, -0.2) is 66.3 Å². The van der Waals surface area contributed by atoms with E-state index >= 15 is 0 Å². The van der Waals surface area contributed by atoms with Crippen molar-refractivity contribution in [2.75, 3.05) is 44.7 Å². The predicted octanol–water partition coefficient (Wildman–Crippen LogP) is 2.26. The van der Waals surface area contributed by atoms with Crippen molar-refractivity contribution in [3.05, 3.63) is 39.8 Å². The van der Waals surface area contributed by atoms with Gasteiger partial charge in [-0.15, -0.1) is 10.2 Å². The maximum absolute atomic E-state index is 12.3. The Morgan fingerprint density at radius 1 is 1.17 bits per heavy atom. The van der Waals surface area contributed by atoms with Gasteiger partial charge in [-0.25, -0.2) is 0 Å². The first-order valence-electron chi connectivity index (χ1n) is 10.4. The Morgan fingerprint density at radius 2 is 1.97 bits per heavy atom. The van der Waals surface area contributed by atoms with E-state index < -0.39 is 0 Å². The van der Waals surface area contributed by atoms with E-state index in [1.807, 2.05) is 31.2 Å². The number of benzene rings is 1. The van der Waals surface area contributed by atoms with Crippen molar-refractivity contribution in [1.82, 2.24) is 20.4 Å². The topological polar surface area (TPSA) is 96.5 Å². The Labute approximate surface area is 181 Å². The highest BCUT2D eigenvalue weighted by molar-refractivity contribution is 7.13. The molecule has 0 spiro atoms. The van der Waals surface area contributed by atoms with Crippen molar-refractivity contribution in [3.8, 4) is 0 Å². The van der Waals surface area contributed by atoms with Crippen LogP contribution in [-0.2, 0) is 16.0 Å². The van der Waals surface area contributed by atoms with Gasteiger partial charge in [-0.3, -0.25) is 14.5 Å². The summed E-state index contributed by atoms with van der Waals surface area (Å²) >= 11 is 1.27. The lowest BCUT2D eigenvalue weighted by atomic mass is 10.2. The van der Waals surface area contributed by atoms with Gasteiger partial charge < -0.3 is 15.4 Å². The fraction of sp³-hybridized carbons (Fsp3) is 0.524. The van der Waals surface area contributed by atoms with Crippen LogP contribution in [0.25, 0.3) is 0 Å². The third kappa shape index (κ3) is 7.16. The van der Waals surface area contributed by atoms with E-state index in [9.17, 15) is 9.59 Å². The highest BCUT2D eigenvalue weighted by Crippen LogP contribution is 2.17. The van der Waals surface area contributed by atoms with Crippen LogP contribution in [0.1, 0.15) is 39.6 Å². The summed E-state index contributed by atoms with van der Waals surface area (Å²) in [4.78, 5) is 26.7. The van der Waals surface area contributed by atoms with E-state index in [1.54, 1.807) is 0 Å². The molecule has 2 N–H and O–H groups in total. The molecule has 162 valence electrons. The molecule has 1 aromatic carbocycles. The van der Waals surface area contributed by atoms with Gasteiger partial charge in [-0.1, -0.05) is 29.5 Å². The van der Waals surface area contributed by atoms with Gasteiger partial charge in [-0.2, -0.15) is 0 Å². The molecule has 3 rings (SSSR count). The number of aryl methyl sites for hydroxylation is 2. The number of para-hydroxylation sites is 1. The first-order chi connectivity index (χ1) is 14.6. The highest BCUT2D eigenvalue weighted by atomic mass is 32.1. The fourth-order valence-corrected chi connectivity index (χ4v) is 3.96. The molecule has 0 saturated carbocycles. The lowest BCUT2D eigenvalue weighted by molar-refractivity contribution is -0.121. The Balaban J connectivity index is 1.31. The molecule has 9 heteroatoms. The molecule has 1 aliphatic heterocycles. The lowest BCUT2D eigenvalue weighted by Crippen LogP contribution is -2.38. The molecule has 1 aromatic heterocycles. The molecule has 2 aromatic rings. The number of hydrogen-bond acceptors (Lipinski definition) is 7. The quantitative estimate of drug-likeness (QED) is 0.560. The number of carbonyl (C=O) groups excluding carboxylic acids is 2. The van der Waals surface area contributed by atoms with E-state index in [0.29, 0.717) is 30.8 Å². The van der Waals surface area contributed by atoms with Gasteiger partial charge >= 0.3 is 0 Å². The summed E-state index contributed by atoms with van der Waals surface area (Å²) in [5, 5.41) is 15.0. The number of hydrogen-bond donors (Lipinski definition) is 2. The molecule has 2 amide bonds. The zero-order valence-electron chi connectivity index (χ0n) is 17.4. The third-order valence-corrected chi connectivity index (χ3v) is 5.91. The number of morpholine rings is 1. The van der Waals surface area contributed by atoms with E-state index in [-0.39, 0.29) is 11.8 Å². The molecular formula is C21H29N5O3S. The summed E-state index contributed by atoms with van der Waals surface area (Å²) in [5.41, 5.74) is 1.76. The molecule has 0 unspecified atom stereocenters. The lowest BCUT2D eigenvalue weighted by Gasteiger charge is -2.26. The normalized spacial score (nSPS) is 14.4. The minimum Gasteiger partial charge on any atom is -0.379 e. The van der Waals surface area contributed by atoms with Crippen LogP contribution in [0.3, 0.4) is 0 Å². The van der Waals surface area contributed by atoms with Crippen molar-refractivity contribution >= 4 is 28.8 Å². The second-order valence-electron chi connectivity index (χ2n) is 7.28. The van der Waals surface area contributed by atoms with Crippen LogP contribution in [0.5, 0.6) is 0 Å². The van der Waals surface area contributed by atoms with Gasteiger partial charge in [0.25, 0.3) is 5.91 Å². The molecule has 1 fully saturated rings. The molecule has 2 heterocycles. The Bertz CT molecular complexity index is 836. The fourth-order valence-electron chi connectivity index (χ4n) is 3.18. The molecule has 8 nitrogen and oxygen atoms in total. The minimum atomic E-state index is -0.258. The number of ether oxygens (including phenoxy) is 1. The number of aromatic nitrogens is 2. The molecular weight excluding hydrogens is 402 g/mol. The molecule has 0 atom stereocenters. The smallest absolute Gasteiger partial charge is 0.286 e.